The molecule has 8 rings (SSSR count). The van der Waals surface area contributed by atoms with Gasteiger partial charge < -0.3 is 32.8 Å². The summed E-state index contributed by atoms with van der Waals surface area (Å²) in [6.45, 7) is 9.75. The van der Waals surface area contributed by atoms with Crippen molar-refractivity contribution in [2.24, 2.45) is 0 Å². The van der Waals surface area contributed by atoms with Gasteiger partial charge in [0.05, 0.1) is 22.3 Å². The number of unbranched alkanes of at least 4 members (excludes halogenated alkanes) is 1. The molecule has 4 heterocycles. The Labute approximate surface area is 364 Å². The highest BCUT2D eigenvalue weighted by atomic mass is 79.9. The van der Waals surface area contributed by atoms with Crippen LogP contribution in [0.2, 0.25) is 0 Å². The van der Waals surface area contributed by atoms with Gasteiger partial charge in [0.2, 0.25) is 0 Å². The standard InChI is InChI=1S/C25H25NO5.C24H22BrNO5/c1-3-11-26(12-4-2)15-20-21(27)10-9-17-18(14-23(28)31-24(17)20)19-13-16-7-5-6-8-22(16)30-25(19)29;1-3-4-9-26(2)13-19-20(27)7-6-16-17(12-22(28)31-23(16)19)18-11-14-10-15(25)5-8-21(14)30-24(18)29/h5-10,13-14,27H,3-4,11-12,15H2,1-2H3;5-8,10-12,27H,3-4,9,13H2,1-2H3. The summed E-state index contributed by atoms with van der Waals surface area (Å²) >= 11 is 3.42. The van der Waals surface area contributed by atoms with Gasteiger partial charge in [-0.05, 0) is 107 Å². The van der Waals surface area contributed by atoms with E-state index in [2.05, 4.69) is 46.5 Å². The van der Waals surface area contributed by atoms with Crippen LogP contribution in [0.1, 0.15) is 57.6 Å². The SMILES string of the molecule is CCCCN(C)Cc1c(O)ccc2c(-c3cc4cc(Br)ccc4oc3=O)cc(=O)oc12.CCCN(CCC)Cc1c(O)ccc2c(-c3cc4ccccc4oc3=O)cc(=O)oc12. The molecular weight excluding hydrogens is 856 g/mol. The molecule has 320 valence electrons. The molecule has 0 saturated heterocycles. The van der Waals surface area contributed by atoms with Crippen molar-refractivity contribution >= 4 is 59.8 Å². The average molecular weight is 904 g/mol. The number of halogens is 1. The van der Waals surface area contributed by atoms with E-state index in [1.165, 1.54) is 12.1 Å². The normalized spacial score (nSPS) is 11.6. The Morgan fingerprint density at radius 1 is 0.548 bits per heavy atom. The van der Waals surface area contributed by atoms with Crippen LogP contribution >= 0.6 is 15.9 Å². The number of phenolic OH excluding ortho intramolecular Hbond substituents is 2. The molecule has 0 spiro atoms. The summed E-state index contributed by atoms with van der Waals surface area (Å²) in [7, 11) is 1.95. The van der Waals surface area contributed by atoms with Crippen LogP contribution in [0.3, 0.4) is 0 Å². The highest BCUT2D eigenvalue weighted by molar-refractivity contribution is 9.10. The molecule has 2 N–H and O–H groups in total. The highest BCUT2D eigenvalue weighted by Gasteiger charge is 2.21. The molecule has 12 nitrogen and oxygen atoms in total. The van der Waals surface area contributed by atoms with Gasteiger partial charge in [-0.2, -0.15) is 0 Å². The van der Waals surface area contributed by atoms with Crippen LogP contribution in [0, 0.1) is 0 Å². The number of nitrogens with zero attached hydrogens (tertiary/aromatic N) is 2. The lowest BCUT2D eigenvalue weighted by Gasteiger charge is -2.22. The average Bonchev–Trinajstić information content (AvgIpc) is 3.24. The molecule has 13 heteroatoms. The molecular formula is C49H47BrN2O10. The maximum Gasteiger partial charge on any atom is 0.344 e. The summed E-state index contributed by atoms with van der Waals surface area (Å²) in [5.74, 6) is 0.112. The van der Waals surface area contributed by atoms with Crippen LogP contribution in [0.5, 0.6) is 11.5 Å². The Hall–Kier alpha value is -6.28. The van der Waals surface area contributed by atoms with Crippen molar-refractivity contribution in [1.82, 2.24) is 9.80 Å². The van der Waals surface area contributed by atoms with Crippen molar-refractivity contribution < 1.29 is 27.9 Å². The number of rotatable bonds is 13. The Kier molecular flexibility index (Phi) is 13.6. The van der Waals surface area contributed by atoms with E-state index in [0.717, 1.165) is 60.6 Å². The van der Waals surface area contributed by atoms with Gasteiger partial charge in [0.25, 0.3) is 0 Å². The second-order valence-electron chi connectivity index (χ2n) is 15.3. The highest BCUT2D eigenvalue weighted by Crippen LogP contribution is 2.36. The summed E-state index contributed by atoms with van der Waals surface area (Å²) in [6, 6.07) is 25.1. The summed E-state index contributed by atoms with van der Waals surface area (Å²) in [5, 5.41) is 23.7. The molecule has 0 amide bonds. The minimum Gasteiger partial charge on any atom is -0.507 e. The third-order valence-corrected chi connectivity index (χ3v) is 11.2. The fourth-order valence-electron chi connectivity index (χ4n) is 7.73. The van der Waals surface area contributed by atoms with E-state index in [9.17, 15) is 29.4 Å². The maximum atomic E-state index is 12.8. The number of aromatic hydroxyl groups is 2. The van der Waals surface area contributed by atoms with Crippen molar-refractivity contribution in [2.45, 2.75) is 59.5 Å². The van der Waals surface area contributed by atoms with E-state index < -0.39 is 22.5 Å². The number of phenols is 2. The monoisotopic (exact) mass is 902 g/mol. The lowest BCUT2D eigenvalue weighted by atomic mass is 9.99. The predicted molar refractivity (Wildman–Crippen MR) is 246 cm³/mol. The van der Waals surface area contributed by atoms with Crippen LogP contribution in [-0.2, 0) is 13.1 Å². The van der Waals surface area contributed by atoms with Crippen LogP contribution < -0.4 is 22.5 Å². The van der Waals surface area contributed by atoms with Gasteiger partial charge in [0.15, 0.2) is 0 Å². The number of para-hydroxylation sites is 1. The topological polar surface area (TPSA) is 168 Å². The third-order valence-electron chi connectivity index (χ3n) is 10.7. The number of hydrogen-bond acceptors (Lipinski definition) is 12. The lowest BCUT2D eigenvalue weighted by Crippen LogP contribution is -2.25. The van der Waals surface area contributed by atoms with Crippen LogP contribution in [0.25, 0.3) is 66.1 Å². The van der Waals surface area contributed by atoms with E-state index in [4.69, 9.17) is 17.7 Å². The first kappa shape index (κ1) is 43.8. The zero-order valence-corrected chi connectivity index (χ0v) is 36.5. The number of fused-ring (bicyclic) bond motifs is 4. The fourth-order valence-corrected chi connectivity index (χ4v) is 8.11. The Morgan fingerprint density at radius 3 is 1.65 bits per heavy atom. The molecule has 62 heavy (non-hydrogen) atoms. The van der Waals surface area contributed by atoms with Crippen molar-refractivity contribution in [3.05, 3.63) is 148 Å². The zero-order valence-electron chi connectivity index (χ0n) is 35.0. The smallest absolute Gasteiger partial charge is 0.344 e. The van der Waals surface area contributed by atoms with E-state index >= 15 is 0 Å². The van der Waals surface area contributed by atoms with Gasteiger partial charge >= 0.3 is 22.5 Å². The molecule has 8 aromatic rings. The molecule has 0 saturated carbocycles. The number of hydrogen-bond donors (Lipinski definition) is 2. The maximum absolute atomic E-state index is 12.8. The Bertz CT molecular complexity index is 3160. The molecule has 4 aromatic heterocycles. The van der Waals surface area contributed by atoms with Crippen molar-refractivity contribution in [3.8, 4) is 33.8 Å². The van der Waals surface area contributed by atoms with Crippen molar-refractivity contribution in [1.29, 1.82) is 0 Å². The van der Waals surface area contributed by atoms with Crippen molar-refractivity contribution in [3.63, 3.8) is 0 Å². The van der Waals surface area contributed by atoms with E-state index in [1.807, 2.05) is 25.2 Å². The first-order chi connectivity index (χ1) is 29.9. The fraction of sp³-hybridized carbons (Fsp3) is 0.265. The second kappa shape index (κ2) is 19.2. The van der Waals surface area contributed by atoms with Crippen LogP contribution in [0.15, 0.2) is 132 Å². The molecule has 0 aliphatic rings. The summed E-state index contributed by atoms with van der Waals surface area (Å²) in [6.07, 6.45) is 4.02. The van der Waals surface area contributed by atoms with Gasteiger partial charge in [-0.15, -0.1) is 0 Å². The van der Waals surface area contributed by atoms with Gasteiger partial charge in [0, 0.05) is 62.4 Å². The van der Waals surface area contributed by atoms with Crippen molar-refractivity contribution in [2.75, 3.05) is 26.7 Å². The van der Waals surface area contributed by atoms with E-state index in [1.54, 1.807) is 60.7 Å². The van der Waals surface area contributed by atoms with E-state index in [0.29, 0.717) is 62.9 Å². The quantitative estimate of drug-likeness (QED) is 0.105. The lowest BCUT2D eigenvalue weighted by molar-refractivity contribution is 0.262. The second-order valence-corrected chi connectivity index (χ2v) is 16.2. The molecule has 0 aliphatic heterocycles. The summed E-state index contributed by atoms with van der Waals surface area (Å²) < 4.78 is 22.9. The third kappa shape index (κ3) is 9.45. The molecule has 4 aromatic carbocycles. The minimum atomic E-state index is -0.598. The Morgan fingerprint density at radius 2 is 1.08 bits per heavy atom. The minimum absolute atomic E-state index is 0.0469. The number of benzene rings is 4. The molecule has 0 aliphatic carbocycles. The van der Waals surface area contributed by atoms with E-state index in [-0.39, 0.29) is 28.2 Å². The largest absolute Gasteiger partial charge is 0.507 e. The van der Waals surface area contributed by atoms with Gasteiger partial charge in [-0.3, -0.25) is 4.90 Å². The van der Waals surface area contributed by atoms with Gasteiger partial charge in [0.1, 0.15) is 33.8 Å². The predicted octanol–water partition coefficient (Wildman–Crippen LogP) is 10.2. The zero-order chi connectivity index (χ0) is 44.1. The first-order valence-electron chi connectivity index (χ1n) is 20.6. The van der Waals surface area contributed by atoms with Crippen LogP contribution in [0.4, 0.5) is 0 Å². The molecule has 0 fully saturated rings. The summed E-state index contributed by atoms with van der Waals surface area (Å²) in [4.78, 5) is 54.6. The summed E-state index contributed by atoms with van der Waals surface area (Å²) in [5.41, 5.74) is 1.72. The molecule has 0 bridgehead atoms. The van der Waals surface area contributed by atoms with Gasteiger partial charge in [-0.1, -0.05) is 61.3 Å². The Balaban J connectivity index is 0.000000186. The van der Waals surface area contributed by atoms with Gasteiger partial charge in [-0.25, -0.2) is 19.2 Å². The van der Waals surface area contributed by atoms with Crippen LogP contribution in [-0.4, -0.2) is 46.7 Å². The molecule has 0 radical (unpaired) electrons. The first-order valence-corrected chi connectivity index (χ1v) is 21.4. The molecule has 0 atom stereocenters. The molecule has 0 unspecified atom stereocenters.